The summed E-state index contributed by atoms with van der Waals surface area (Å²) in [4.78, 5) is 27.8. The number of ether oxygens (including phenoxy) is 1. The number of nitrogens with zero attached hydrogens (tertiary/aromatic N) is 4. The number of fused-ring (bicyclic) bond motifs is 1. The second kappa shape index (κ2) is 8.20. The van der Waals surface area contributed by atoms with Gasteiger partial charge in [0.05, 0.1) is 21.2 Å². The Kier molecular flexibility index (Phi) is 5.56. The zero-order valence-corrected chi connectivity index (χ0v) is 20.5. The van der Waals surface area contributed by atoms with Crippen molar-refractivity contribution in [3.8, 4) is 0 Å². The molecule has 7 nitrogen and oxygen atoms in total. The number of hydrogen-bond acceptors (Lipinski definition) is 6. The van der Waals surface area contributed by atoms with Gasteiger partial charge in [-0.2, -0.15) is 0 Å². The summed E-state index contributed by atoms with van der Waals surface area (Å²) in [5.41, 5.74) is 1.53. The fourth-order valence-electron chi connectivity index (χ4n) is 4.66. The summed E-state index contributed by atoms with van der Waals surface area (Å²) in [5, 5.41) is 2.94. The molecule has 178 valence electrons. The van der Waals surface area contributed by atoms with Crippen LogP contribution < -0.4 is 5.32 Å². The number of benzene rings is 1. The third-order valence-corrected chi connectivity index (χ3v) is 7.23. The van der Waals surface area contributed by atoms with Crippen LogP contribution in [0.2, 0.25) is 10.0 Å². The molecule has 2 fully saturated rings. The predicted molar refractivity (Wildman–Crippen MR) is 129 cm³/mol. The molecule has 0 radical (unpaired) electrons. The average molecular weight is 504 g/mol. The van der Waals surface area contributed by atoms with Crippen molar-refractivity contribution in [2.75, 3.05) is 11.9 Å². The number of pyridine rings is 1. The smallest absolute Gasteiger partial charge is 0.410 e. The second-order valence-corrected chi connectivity index (χ2v) is 10.7. The Bertz CT molecular complexity index is 1290. The van der Waals surface area contributed by atoms with E-state index in [1.54, 1.807) is 0 Å². The van der Waals surface area contributed by atoms with Crippen molar-refractivity contribution in [3.05, 3.63) is 52.1 Å². The largest absolute Gasteiger partial charge is 0.444 e. The molecule has 0 bridgehead atoms. The van der Waals surface area contributed by atoms with Gasteiger partial charge in [0.2, 0.25) is 0 Å². The fourth-order valence-corrected chi connectivity index (χ4v) is 4.97. The lowest BCUT2D eigenvalue weighted by atomic mass is 9.60. The molecule has 2 aliphatic rings. The van der Waals surface area contributed by atoms with Crippen LogP contribution >= 0.6 is 23.2 Å². The zero-order valence-electron chi connectivity index (χ0n) is 19.0. The Balaban J connectivity index is 1.37. The topological polar surface area (TPSA) is 80.2 Å². The van der Waals surface area contributed by atoms with E-state index in [0.717, 1.165) is 25.0 Å². The Hall–Kier alpha value is -2.71. The number of carbonyl (C=O) groups excluding carboxylic acids is 1. The first-order chi connectivity index (χ1) is 16.1. The first kappa shape index (κ1) is 23.1. The third kappa shape index (κ3) is 4.03. The highest BCUT2D eigenvalue weighted by Crippen LogP contribution is 2.54. The van der Waals surface area contributed by atoms with Crippen molar-refractivity contribution in [3.63, 3.8) is 0 Å². The number of nitrogens with one attached hydrogen (secondary N) is 1. The zero-order chi connectivity index (χ0) is 24.3. The van der Waals surface area contributed by atoms with Crippen molar-refractivity contribution in [1.82, 2.24) is 19.9 Å². The molecule has 0 atom stereocenters. The van der Waals surface area contributed by atoms with E-state index in [1.165, 1.54) is 18.5 Å². The van der Waals surface area contributed by atoms with Gasteiger partial charge in [0.25, 0.3) is 0 Å². The van der Waals surface area contributed by atoms with Crippen molar-refractivity contribution >= 4 is 51.8 Å². The van der Waals surface area contributed by atoms with E-state index < -0.39 is 11.4 Å². The highest BCUT2D eigenvalue weighted by atomic mass is 35.5. The molecular weight excluding hydrogens is 480 g/mol. The quantitative estimate of drug-likeness (QED) is 0.412. The normalized spacial score (nSPS) is 21.8. The van der Waals surface area contributed by atoms with Gasteiger partial charge in [0.15, 0.2) is 11.6 Å². The van der Waals surface area contributed by atoms with Gasteiger partial charge in [-0.3, -0.25) is 0 Å². The van der Waals surface area contributed by atoms with Crippen LogP contribution in [0.1, 0.15) is 51.6 Å². The Morgan fingerprint density at radius 1 is 1.21 bits per heavy atom. The van der Waals surface area contributed by atoms with E-state index in [0.29, 0.717) is 23.4 Å². The molecule has 34 heavy (non-hydrogen) atoms. The summed E-state index contributed by atoms with van der Waals surface area (Å²) in [5.74, 6) is -0.0909. The minimum Gasteiger partial charge on any atom is -0.444 e. The van der Waals surface area contributed by atoms with Crippen molar-refractivity contribution in [2.45, 2.75) is 57.1 Å². The van der Waals surface area contributed by atoms with E-state index in [2.05, 4.69) is 15.3 Å². The molecule has 1 spiro atoms. The van der Waals surface area contributed by atoms with Gasteiger partial charge >= 0.3 is 6.09 Å². The number of likely N-dealkylation sites (tertiary alicyclic amines) is 1. The van der Waals surface area contributed by atoms with E-state index in [9.17, 15) is 9.18 Å². The van der Waals surface area contributed by atoms with Crippen LogP contribution in [-0.2, 0) is 4.74 Å². The van der Waals surface area contributed by atoms with Gasteiger partial charge in [-0.05, 0) is 64.3 Å². The maximum absolute atomic E-state index is 14.6. The average Bonchev–Trinajstić information content (AvgIpc) is 2.71. The Labute approximate surface area is 206 Å². The molecule has 10 heteroatoms. The summed E-state index contributed by atoms with van der Waals surface area (Å²) in [6.45, 7) is 6.33. The predicted octanol–water partition coefficient (Wildman–Crippen LogP) is 6.47. The van der Waals surface area contributed by atoms with E-state index >= 15 is 0 Å². The van der Waals surface area contributed by atoms with E-state index in [-0.39, 0.29) is 33.3 Å². The maximum atomic E-state index is 14.6. The van der Waals surface area contributed by atoms with Crippen molar-refractivity contribution in [1.29, 1.82) is 0 Å². The number of aromatic nitrogens is 3. The summed E-state index contributed by atoms with van der Waals surface area (Å²) >= 11 is 11.8. The molecule has 1 aliphatic carbocycles. The highest BCUT2D eigenvalue weighted by Gasteiger charge is 2.57. The number of hydrogen-bond donors (Lipinski definition) is 1. The first-order valence-corrected chi connectivity index (χ1v) is 11.8. The van der Waals surface area contributed by atoms with Gasteiger partial charge in [-0.25, -0.2) is 24.1 Å². The molecule has 1 saturated carbocycles. The molecule has 1 amide bonds. The fraction of sp³-hybridized carbons (Fsp3) is 0.417. The summed E-state index contributed by atoms with van der Waals surface area (Å²) in [7, 11) is 0. The van der Waals surface area contributed by atoms with Crippen LogP contribution in [-0.4, -0.2) is 43.6 Å². The molecule has 2 aromatic heterocycles. The molecule has 3 aromatic rings. The van der Waals surface area contributed by atoms with Crippen LogP contribution in [0.5, 0.6) is 0 Å². The van der Waals surface area contributed by atoms with Crippen LogP contribution in [0.4, 0.5) is 20.7 Å². The lowest BCUT2D eigenvalue weighted by Gasteiger charge is -2.60. The third-order valence-electron chi connectivity index (χ3n) is 6.45. The molecule has 1 N–H and O–H groups in total. The van der Waals surface area contributed by atoms with Gasteiger partial charge in [-0.15, -0.1) is 0 Å². The Morgan fingerprint density at radius 2 is 1.97 bits per heavy atom. The number of amides is 1. The monoisotopic (exact) mass is 503 g/mol. The van der Waals surface area contributed by atoms with Crippen LogP contribution in [0.3, 0.4) is 0 Å². The van der Waals surface area contributed by atoms with Crippen molar-refractivity contribution in [2.24, 2.45) is 0 Å². The SMILES string of the molecule is CC(C)(C)OC(=O)N1CCC12CC(c1ccc3ncnc(Nc4ccc(Cl)c(Cl)c4F)c3n1)C2. The number of rotatable bonds is 3. The molecule has 3 heterocycles. The molecule has 0 unspecified atom stereocenters. The number of anilines is 2. The summed E-state index contributed by atoms with van der Waals surface area (Å²) in [6, 6.07) is 6.85. The minimum atomic E-state index is -0.662. The van der Waals surface area contributed by atoms with Crippen LogP contribution in [0, 0.1) is 5.82 Å². The van der Waals surface area contributed by atoms with Gasteiger partial charge in [-0.1, -0.05) is 23.2 Å². The Morgan fingerprint density at radius 3 is 2.65 bits per heavy atom. The number of halogens is 3. The summed E-state index contributed by atoms with van der Waals surface area (Å²) in [6.07, 6.45) is 3.74. The van der Waals surface area contributed by atoms with Crippen LogP contribution in [0.25, 0.3) is 11.0 Å². The first-order valence-electron chi connectivity index (χ1n) is 11.1. The molecule has 1 aliphatic heterocycles. The highest BCUT2D eigenvalue weighted by molar-refractivity contribution is 6.42. The van der Waals surface area contributed by atoms with Gasteiger partial charge in [0.1, 0.15) is 17.4 Å². The lowest BCUT2D eigenvalue weighted by molar-refractivity contribution is -0.0885. The molecular formula is C24H24Cl2FN5O2. The lowest BCUT2D eigenvalue weighted by Crippen LogP contribution is -2.68. The molecule has 1 aromatic carbocycles. The minimum absolute atomic E-state index is 0.132. The van der Waals surface area contributed by atoms with Crippen LogP contribution in [0.15, 0.2) is 30.6 Å². The van der Waals surface area contributed by atoms with E-state index in [1.807, 2.05) is 37.8 Å². The number of carbonyl (C=O) groups is 1. The van der Waals surface area contributed by atoms with Gasteiger partial charge < -0.3 is 15.0 Å². The second-order valence-electron chi connectivity index (χ2n) is 9.89. The van der Waals surface area contributed by atoms with Gasteiger partial charge in [0, 0.05) is 23.7 Å². The van der Waals surface area contributed by atoms with Crippen molar-refractivity contribution < 1.29 is 13.9 Å². The standard InChI is InChI=1S/C24H24Cl2FN5O2/c1-23(2,3)34-22(33)32-9-8-24(32)10-13(11-24)15-6-7-17-20(30-15)21(29-12-28-17)31-16-5-4-14(25)18(26)19(16)27/h4-7,12-13H,8-11H2,1-3H3,(H,28,29,31). The maximum Gasteiger partial charge on any atom is 0.410 e. The summed E-state index contributed by atoms with van der Waals surface area (Å²) < 4.78 is 20.1. The molecule has 1 saturated heterocycles. The van der Waals surface area contributed by atoms with E-state index in [4.69, 9.17) is 32.9 Å². The molecule has 5 rings (SSSR count).